The molecule has 1 aromatic carbocycles. The molecule has 1 heterocycles. The Balaban J connectivity index is 1.75. The highest BCUT2D eigenvalue weighted by Gasteiger charge is 2.20. The normalized spacial score (nSPS) is 13.1. The maximum absolute atomic E-state index is 13.7. The number of pyridine rings is 1. The third-order valence-corrected chi connectivity index (χ3v) is 5.02. The molecule has 0 saturated carbocycles. The lowest BCUT2D eigenvalue weighted by Crippen LogP contribution is -2.24. The summed E-state index contributed by atoms with van der Waals surface area (Å²) in [4.78, 5) is 4.37. The number of hydrogen-bond donors (Lipinski definition) is 0. The lowest BCUT2D eigenvalue weighted by atomic mass is 10.1. The lowest BCUT2D eigenvalue weighted by molar-refractivity contribution is 0.103. The number of nitrogens with zero attached hydrogens (tertiary/aromatic N) is 1. The molecule has 0 N–H and O–H groups in total. The first kappa shape index (κ1) is 24.1. The zero-order chi connectivity index (χ0) is 21.6. The minimum atomic E-state index is -1.62. The van der Waals surface area contributed by atoms with Crippen molar-refractivity contribution in [2.75, 3.05) is 13.2 Å². The minimum absolute atomic E-state index is 0.209. The third kappa shape index (κ3) is 8.68. The van der Waals surface area contributed by atoms with E-state index in [1.54, 1.807) is 6.07 Å². The van der Waals surface area contributed by atoms with Crippen molar-refractivity contribution >= 4 is 0 Å². The van der Waals surface area contributed by atoms with Gasteiger partial charge in [0.15, 0.2) is 6.17 Å². The molecule has 0 fully saturated rings. The van der Waals surface area contributed by atoms with Gasteiger partial charge in [-0.1, -0.05) is 52.4 Å². The van der Waals surface area contributed by atoms with Crippen LogP contribution in [0, 0.1) is 0 Å². The highest BCUT2D eigenvalue weighted by atomic mass is 19.2. The van der Waals surface area contributed by atoms with Gasteiger partial charge in [0.05, 0.1) is 18.5 Å². The summed E-state index contributed by atoms with van der Waals surface area (Å²) < 4.78 is 38.3. The summed E-state index contributed by atoms with van der Waals surface area (Å²) in [5, 5.41) is 0. The summed E-state index contributed by atoms with van der Waals surface area (Å²) in [7, 11) is 0. The number of aromatic nitrogens is 1. The Morgan fingerprint density at radius 1 is 0.767 bits per heavy atom. The molecular weight excluding hydrogens is 384 g/mol. The van der Waals surface area contributed by atoms with Crippen LogP contribution in [0.15, 0.2) is 42.6 Å². The number of halogens is 2. The van der Waals surface area contributed by atoms with E-state index in [1.807, 2.05) is 37.3 Å². The van der Waals surface area contributed by atoms with Gasteiger partial charge < -0.3 is 9.47 Å². The first-order chi connectivity index (χ1) is 14.6. The van der Waals surface area contributed by atoms with E-state index in [1.165, 1.54) is 38.3 Å². The first-order valence-corrected chi connectivity index (χ1v) is 11.2. The molecule has 2 atom stereocenters. The Hall–Kier alpha value is -2.17. The van der Waals surface area contributed by atoms with Gasteiger partial charge in [-0.15, -0.1) is 0 Å². The Bertz CT molecular complexity index is 691. The molecule has 0 aliphatic heterocycles. The number of rotatable bonds is 15. The number of benzene rings is 1. The highest BCUT2D eigenvalue weighted by Crippen LogP contribution is 2.23. The molecular formula is C25H35F2NO2. The molecule has 1 aromatic heterocycles. The molecule has 2 rings (SSSR count). The van der Waals surface area contributed by atoms with Crippen molar-refractivity contribution < 1.29 is 18.3 Å². The van der Waals surface area contributed by atoms with Crippen LogP contribution in [0.25, 0.3) is 11.3 Å². The van der Waals surface area contributed by atoms with Crippen LogP contribution >= 0.6 is 0 Å². The van der Waals surface area contributed by atoms with E-state index >= 15 is 0 Å². The Labute approximate surface area is 179 Å². The van der Waals surface area contributed by atoms with Gasteiger partial charge in [-0.25, -0.2) is 8.78 Å². The predicted molar refractivity (Wildman–Crippen MR) is 119 cm³/mol. The van der Waals surface area contributed by atoms with Crippen LogP contribution in [-0.4, -0.2) is 30.5 Å². The van der Waals surface area contributed by atoms with Gasteiger partial charge in [0.25, 0.3) is 0 Å². The van der Waals surface area contributed by atoms with E-state index in [9.17, 15) is 8.78 Å². The maximum Gasteiger partial charge on any atom is 0.165 e. The molecule has 0 aliphatic rings. The number of alkyl halides is 2. The summed E-state index contributed by atoms with van der Waals surface area (Å²) in [6, 6.07) is 11.4. The van der Waals surface area contributed by atoms with Gasteiger partial charge in [-0.3, -0.25) is 4.98 Å². The highest BCUT2D eigenvalue weighted by molar-refractivity contribution is 5.60. The molecule has 3 nitrogen and oxygen atoms in total. The molecule has 166 valence electrons. The van der Waals surface area contributed by atoms with E-state index in [0.29, 0.717) is 12.2 Å². The Morgan fingerprint density at radius 2 is 1.47 bits per heavy atom. The monoisotopic (exact) mass is 419 g/mol. The van der Waals surface area contributed by atoms with Crippen LogP contribution in [0.2, 0.25) is 0 Å². The predicted octanol–water partition coefficient (Wildman–Crippen LogP) is 7.34. The third-order valence-electron chi connectivity index (χ3n) is 5.02. The van der Waals surface area contributed by atoms with Crippen LogP contribution < -0.4 is 9.47 Å². The molecule has 0 amide bonds. The van der Waals surface area contributed by atoms with Crippen molar-refractivity contribution in [3.63, 3.8) is 0 Å². The molecule has 0 bridgehead atoms. The second kappa shape index (κ2) is 13.9. The lowest BCUT2D eigenvalue weighted by Gasteiger charge is -2.14. The minimum Gasteiger partial charge on any atom is -0.494 e. The van der Waals surface area contributed by atoms with Crippen molar-refractivity contribution in [2.24, 2.45) is 0 Å². The molecule has 2 aromatic rings. The summed E-state index contributed by atoms with van der Waals surface area (Å²) in [5.41, 5.74) is 1.75. The molecule has 0 saturated heterocycles. The van der Waals surface area contributed by atoms with Crippen LogP contribution in [0.5, 0.6) is 11.5 Å². The zero-order valence-corrected chi connectivity index (χ0v) is 18.3. The molecule has 0 radical (unpaired) electrons. The van der Waals surface area contributed by atoms with Crippen molar-refractivity contribution in [2.45, 2.75) is 77.6 Å². The van der Waals surface area contributed by atoms with Gasteiger partial charge in [-0.05, 0) is 49.2 Å². The number of unbranched alkanes of at least 4 members (excludes halogenated alkanes) is 5. The molecule has 0 unspecified atom stereocenters. The van der Waals surface area contributed by atoms with Gasteiger partial charge >= 0.3 is 0 Å². The standard InChI is InChI=1S/C25H35F2NO2/c1-3-5-6-7-8-9-17-29-21-13-11-20(12-14-21)25-16-15-22(18-28-25)30-19-24(27)23(26)10-4-2/h11-16,18,23-24H,3-10,17,19H2,1-2H3/t23-,24-/m0/s1. The van der Waals surface area contributed by atoms with Crippen LogP contribution in [0.1, 0.15) is 65.2 Å². The Morgan fingerprint density at radius 3 is 2.13 bits per heavy atom. The summed E-state index contributed by atoms with van der Waals surface area (Å²) in [6.07, 6.45) is 6.73. The smallest absolute Gasteiger partial charge is 0.165 e. The number of hydrogen-bond acceptors (Lipinski definition) is 3. The summed E-state index contributed by atoms with van der Waals surface area (Å²) in [5.74, 6) is 1.29. The average Bonchev–Trinajstić information content (AvgIpc) is 2.78. The first-order valence-electron chi connectivity index (χ1n) is 11.2. The fourth-order valence-corrected chi connectivity index (χ4v) is 3.17. The molecule has 30 heavy (non-hydrogen) atoms. The van der Waals surface area contributed by atoms with Crippen LogP contribution in [0.4, 0.5) is 8.78 Å². The maximum atomic E-state index is 13.7. The second-order valence-corrected chi connectivity index (χ2v) is 7.65. The largest absolute Gasteiger partial charge is 0.494 e. The molecule has 5 heteroatoms. The van der Waals surface area contributed by atoms with Crippen molar-refractivity contribution in [3.8, 4) is 22.8 Å². The second-order valence-electron chi connectivity index (χ2n) is 7.65. The van der Waals surface area contributed by atoms with Crippen molar-refractivity contribution in [3.05, 3.63) is 42.6 Å². The average molecular weight is 420 g/mol. The van der Waals surface area contributed by atoms with Crippen molar-refractivity contribution in [1.29, 1.82) is 0 Å². The van der Waals surface area contributed by atoms with E-state index in [0.717, 1.165) is 30.0 Å². The van der Waals surface area contributed by atoms with E-state index in [2.05, 4.69) is 11.9 Å². The van der Waals surface area contributed by atoms with E-state index in [-0.39, 0.29) is 13.0 Å². The van der Waals surface area contributed by atoms with E-state index in [4.69, 9.17) is 9.47 Å². The van der Waals surface area contributed by atoms with Crippen LogP contribution in [-0.2, 0) is 0 Å². The number of ether oxygens (including phenoxy) is 2. The van der Waals surface area contributed by atoms with Crippen LogP contribution in [0.3, 0.4) is 0 Å². The van der Waals surface area contributed by atoms with Gasteiger partial charge in [0, 0.05) is 5.56 Å². The molecule has 0 spiro atoms. The van der Waals surface area contributed by atoms with Gasteiger partial charge in [0.1, 0.15) is 24.3 Å². The Kier molecular flexibility index (Phi) is 11.2. The summed E-state index contributed by atoms with van der Waals surface area (Å²) in [6.45, 7) is 4.50. The van der Waals surface area contributed by atoms with Gasteiger partial charge in [0.2, 0.25) is 0 Å². The fraction of sp³-hybridized carbons (Fsp3) is 0.560. The topological polar surface area (TPSA) is 31.4 Å². The fourth-order valence-electron chi connectivity index (χ4n) is 3.17. The zero-order valence-electron chi connectivity index (χ0n) is 18.3. The SMILES string of the molecule is CCCCCCCCOc1ccc(-c2ccc(OC[C@H](F)[C@@H](F)CCC)cn2)cc1. The summed E-state index contributed by atoms with van der Waals surface area (Å²) >= 11 is 0. The van der Waals surface area contributed by atoms with Crippen molar-refractivity contribution in [1.82, 2.24) is 4.98 Å². The van der Waals surface area contributed by atoms with E-state index < -0.39 is 12.3 Å². The molecule has 0 aliphatic carbocycles. The quantitative estimate of drug-likeness (QED) is 0.283. The van der Waals surface area contributed by atoms with Gasteiger partial charge in [-0.2, -0.15) is 0 Å².